The molecule has 6 heteroatoms. The molecule has 1 aliphatic rings. The van der Waals surface area contributed by atoms with Crippen LogP contribution < -0.4 is 0 Å². The van der Waals surface area contributed by atoms with E-state index >= 15 is 0 Å². The Balaban J connectivity index is 2.25. The lowest BCUT2D eigenvalue weighted by Gasteiger charge is -2.28. The van der Waals surface area contributed by atoms with E-state index in [0.717, 1.165) is 9.80 Å². The van der Waals surface area contributed by atoms with Crippen molar-refractivity contribution in [3.05, 3.63) is 53.4 Å². The predicted octanol–water partition coefficient (Wildman–Crippen LogP) is 1.82. The highest BCUT2D eigenvalue weighted by Crippen LogP contribution is 2.15. The number of rotatable bonds is 2. The molecule has 1 aliphatic heterocycles. The Labute approximate surface area is 121 Å². The van der Waals surface area contributed by atoms with E-state index in [1.165, 1.54) is 38.4 Å². The largest absolute Gasteiger partial charge is 0.333 e. The molecule has 1 saturated heterocycles. The van der Waals surface area contributed by atoms with Gasteiger partial charge in [-0.25, -0.2) is 9.18 Å². The minimum absolute atomic E-state index is 0.118. The van der Waals surface area contributed by atoms with Crippen LogP contribution in [-0.4, -0.2) is 41.7 Å². The van der Waals surface area contributed by atoms with Crippen molar-refractivity contribution in [2.75, 3.05) is 14.1 Å². The first-order chi connectivity index (χ1) is 9.91. The third kappa shape index (κ3) is 2.89. The summed E-state index contributed by atoms with van der Waals surface area (Å²) < 4.78 is 13.0. The average molecular weight is 288 g/mol. The zero-order valence-electron chi connectivity index (χ0n) is 11.5. The molecule has 1 aromatic rings. The van der Waals surface area contributed by atoms with Crippen molar-refractivity contribution in [3.8, 4) is 0 Å². The number of imide groups is 2. The minimum atomic E-state index is -0.670. The van der Waals surface area contributed by atoms with Crippen LogP contribution in [0, 0.1) is 5.82 Å². The number of likely N-dealkylation sites (N-methyl/N-ethyl adjacent to an activating group) is 2. The van der Waals surface area contributed by atoms with Crippen LogP contribution in [0.3, 0.4) is 0 Å². The van der Waals surface area contributed by atoms with Gasteiger partial charge in [-0.05, 0) is 23.8 Å². The maximum absolute atomic E-state index is 13.0. The highest BCUT2D eigenvalue weighted by molar-refractivity contribution is 6.28. The number of carbonyl (C=O) groups excluding carboxylic acids is 3. The Morgan fingerprint density at radius 2 is 1.67 bits per heavy atom. The fourth-order valence-corrected chi connectivity index (χ4v) is 1.86. The zero-order valence-corrected chi connectivity index (χ0v) is 11.5. The number of urea groups is 1. The van der Waals surface area contributed by atoms with Crippen molar-refractivity contribution in [2.45, 2.75) is 0 Å². The molecule has 2 rings (SSSR count). The van der Waals surface area contributed by atoms with E-state index in [9.17, 15) is 18.8 Å². The van der Waals surface area contributed by atoms with Gasteiger partial charge >= 0.3 is 6.03 Å². The van der Waals surface area contributed by atoms with E-state index in [-0.39, 0.29) is 11.4 Å². The van der Waals surface area contributed by atoms with Gasteiger partial charge < -0.3 is 0 Å². The minimum Gasteiger partial charge on any atom is -0.268 e. The second-order valence-electron chi connectivity index (χ2n) is 4.51. The normalized spacial score (nSPS) is 16.1. The lowest BCUT2D eigenvalue weighted by Crippen LogP contribution is -2.52. The maximum atomic E-state index is 13.0. The number of halogens is 1. The van der Waals surface area contributed by atoms with E-state index in [0.29, 0.717) is 5.56 Å². The number of barbiturate groups is 1. The number of nitrogens with zero attached hydrogens (tertiary/aromatic N) is 2. The summed E-state index contributed by atoms with van der Waals surface area (Å²) in [4.78, 5) is 37.0. The van der Waals surface area contributed by atoms with Crippen LogP contribution in [0.5, 0.6) is 0 Å². The van der Waals surface area contributed by atoms with Gasteiger partial charge in [-0.1, -0.05) is 24.3 Å². The zero-order chi connectivity index (χ0) is 15.6. The molecule has 0 aliphatic carbocycles. The van der Waals surface area contributed by atoms with Crippen molar-refractivity contribution in [1.29, 1.82) is 0 Å². The third-order valence-corrected chi connectivity index (χ3v) is 3.04. The smallest absolute Gasteiger partial charge is 0.268 e. The van der Waals surface area contributed by atoms with Gasteiger partial charge in [-0.2, -0.15) is 0 Å². The molecular formula is C15H13FN2O3. The first-order valence-electron chi connectivity index (χ1n) is 6.16. The highest BCUT2D eigenvalue weighted by atomic mass is 19.1. The van der Waals surface area contributed by atoms with Gasteiger partial charge in [0.2, 0.25) is 0 Å². The molecule has 0 saturated carbocycles. The molecule has 21 heavy (non-hydrogen) atoms. The molecule has 0 aromatic heterocycles. The van der Waals surface area contributed by atoms with Gasteiger partial charge in [0.05, 0.1) is 0 Å². The number of amides is 4. The number of hydrogen-bond donors (Lipinski definition) is 0. The average Bonchev–Trinajstić information content (AvgIpc) is 2.47. The molecule has 0 N–H and O–H groups in total. The van der Waals surface area contributed by atoms with E-state index < -0.39 is 17.8 Å². The van der Waals surface area contributed by atoms with Crippen LogP contribution in [0.4, 0.5) is 9.18 Å². The van der Waals surface area contributed by atoms with Gasteiger partial charge in [-0.15, -0.1) is 0 Å². The fraction of sp³-hybridized carbons (Fsp3) is 0.133. The summed E-state index contributed by atoms with van der Waals surface area (Å²) in [7, 11) is 2.61. The summed E-state index contributed by atoms with van der Waals surface area (Å²) in [5, 5.41) is 0. The molecule has 0 bridgehead atoms. The van der Waals surface area contributed by atoms with Crippen molar-refractivity contribution >= 4 is 23.9 Å². The fourth-order valence-electron chi connectivity index (χ4n) is 1.86. The van der Waals surface area contributed by atoms with Crippen LogP contribution in [0.25, 0.3) is 6.08 Å². The standard InChI is InChI=1S/C15H13FN2O3/c1-17-13(19)12(14(20)18(2)15(17)21)8-4-6-10-5-3-7-11(16)9-10/h3-9H,1-2H3/b6-4+. The van der Waals surface area contributed by atoms with Crippen molar-refractivity contribution in [2.24, 2.45) is 0 Å². The Morgan fingerprint density at radius 3 is 2.24 bits per heavy atom. The van der Waals surface area contributed by atoms with Gasteiger partial charge in [0.1, 0.15) is 11.4 Å². The highest BCUT2D eigenvalue weighted by Gasteiger charge is 2.37. The molecule has 1 aromatic carbocycles. The topological polar surface area (TPSA) is 57.7 Å². The van der Waals surface area contributed by atoms with Crippen LogP contribution in [0.2, 0.25) is 0 Å². The van der Waals surface area contributed by atoms with E-state index in [1.807, 2.05) is 0 Å². The van der Waals surface area contributed by atoms with E-state index in [2.05, 4.69) is 0 Å². The van der Waals surface area contributed by atoms with E-state index in [4.69, 9.17) is 0 Å². The van der Waals surface area contributed by atoms with Crippen LogP contribution in [0.1, 0.15) is 5.56 Å². The summed E-state index contributed by atoms with van der Waals surface area (Å²) in [6, 6.07) is 5.21. The van der Waals surface area contributed by atoms with Crippen LogP contribution in [-0.2, 0) is 9.59 Å². The van der Waals surface area contributed by atoms with Gasteiger partial charge in [0.25, 0.3) is 11.8 Å². The Kier molecular flexibility index (Phi) is 3.98. The molecule has 0 radical (unpaired) electrons. The molecular weight excluding hydrogens is 275 g/mol. The van der Waals surface area contributed by atoms with Gasteiger partial charge in [0.15, 0.2) is 0 Å². The molecule has 0 spiro atoms. The summed E-state index contributed by atoms with van der Waals surface area (Å²) in [5.41, 5.74) is 0.479. The molecule has 1 fully saturated rings. The molecule has 108 valence electrons. The molecule has 5 nitrogen and oxygen atoms in total. The van der Waals surface area contributed by atoms with Gasteiger partial charge in [-0.3, -0.25) is 19.4 Å². The van der Waals surface area contributed by atoms with Crippen molar-refractivity contribution in [3.63, 3.8) is 0 Å². The summed E-state index contributed by atoms with van der Waals surface area (Å²) in [6.45, 7) is 0. The maximum Gasteiger partial charge on any atom is 0.333 e. The number of carbonyl (C=O) groups is 3. The first kappa shape index (κ1) is 14.6. The van der Waals surface area contributed by atoms with Crippen molar-refractivity contribution in [1.82, 2.24) is 9.80 Å². The lowest BCUT2D eigenvalue weighted by atomic mass is 10.1. The monoisotopic (exact) mass is 288 g/mol. The second kappa shape index (κ2) is 5.70. The lowest BCUT2D eigenvalue weighted by molar-refractivity contribution is -0.134. The molecule has 1 heterocycles. The van der Waals surface area contributed by atoms with Gasteiger partial charge in [0, 0.05) is 14.1 Å². The first-order valence-corrected chi connectivity index (χ1v) is 6.16. The van der Waals surface area contributed by atoms with E-state index in [1.54, 1.807) is 18.2 Å². The van der Waals surface area contributed by atoms with Crippen LogP contribution >= 0.6 is 0 Å². The number of allylic oxidation sites excluding steroid dienone is 2. The second-order valence-corrected chi connectivity index (χ2v) is 4.51. The summed E-state index contributed by atoms with van der Waals surface area (Å²) in [5.74, 6) is -1.70. The molecule has 4 amide bonds. The third-order valence-electron chi connectivity index (χ3n) is 3.04. The Morgan fingerprint density at radius 1 is 1.05 bits per heavy atom. The number of hydrogen-bond acceptors (Lipinski definition) is 3. The SMILES string of the molecule is CN1C(=O)C(=C/C=C/c2cccc(F)c2)C(=O)N(C)C1=O. The Bertz CT molecular complexity index is 653. The molecule has 0 unspecified atom stereocenters. The predicted molar refractivity (Wildman–Crippen MR) is 74.5 cm³/mol. The van der Waals surface area contributed by atoms with Crippen LogP contribution in [0.15, 0.2) is 42.0 Å². The Hall–Kier alpha value is -2.76. The summed E-state index contributed by atoms with van der Waals surface area (Å²) >= 11 is 0. The quantitative estimate of drug-likeness (QED) is 0.616. The molecule has 0 atom stereocenters. The number of benzene rings is 1. The van der Waals surface area contributed by atoms with Crippen molar-refractivity contribution < 1.29 is 18.8 Å². The summed E-state index contributed by atoms with van der Waals surface area (Å²) in [6.07, 6.45) is 4.35.